The van der Waals surface area contributed by atoms with Gasteiger partial charge in [-0.15, -0.1) is 0 Å². The van der Waals surface area contributed by atoms with Gasteiger partial charge in [-0.2, -0.15) is 10.2 Å². The summed E-state index contributed by atoms with van der Waals surface area (Å²) in [5.74, 6) is -0.0477. The number of esters is 1. The Balaban J connectivity index is 1.98. The molecule has 0 saturated heterocycles. The smallest absolute Gasteiger partial charge is 0.338 e. The van der Waals surface area contributed by atoms with Gasteiger partial charge < -0.3 is 9.26 Å². The molecule has 2 aromatic rings. The van der Waals surface area contributed by atoms with Gasteiger partial charge in [0.15, 0.2) is 12.4 Å². The topological polar surface area (TPSA) is 135 Å². The molecule has 0 amide bonds. The molecule has 2 rings (SSSR count). The highest BCUT2D eigenvalue weighted by molar-refractivity contribution is 7.89. The van der Waals surface area contributed by atoms with Crippen LogP contribution >= 0.6 is 0 Å². The van der Waals surface area contributed by atoms with E-state index < -0.39 is 16.0 Å². The predicted molar refractivity (Wildman–Crippen MR) is 80.0 cm³/mol. The van der Waals surface area contributed by atoms with Gasteiger partial charge >= 0.3 is 5.97 Å². The standard InChI is InChI=1S/C14H14N4O5S/c1-10-17-13(23-18-10)9-22-14(19)11-3-5-12(6-4-11)24(20,21)16-8-2-7-15/h3-6,16H,2,8-9H2,1H3. The molecule has 1 aromatic carbocycles. The molecule has 0 spiro atoms. The highest BCUT2D eigenvalue weighted by atomic mass is 32.2. The van der Waals surface area contributed by atoms with Gasteiger partial charge in [-0.25, -0.2) is 17.9 Å². The molecule has 1 N–H and O–H groups in total. The fourth-order valence-corrected chi connectivity index (χ4v) is 2.74. The van der Waals surface area contributed by atoms with Crippen LogP contribution in [0.25, 0.3) is 0 Å². The molecule has 0 atom stereocenters. The number of carbonyl (C=O) groups is 1. The lowest BCUT2D eigenvalue weighted by Gasteiger charge is -2.06. The van der Waals surface area contributed by atoms with Crippen LogP contribution in [0.5, 0.6) is 0 Å². The van der Waals surface area contributed by atoms with Crippen LogP contribution in [-0.2, 0) is 21.4 Å². The summed E-state index contributed by atoms with van der Waals surface area (Å²) in [5.41, 5.74) is 0.183. The Kier molecular flexibility index (Phi) is 5.62. The average Bonchev–Trinajstić information content (AvgIpc) is 2.98. The summed E-state index contributed by atoms with van der Waals surface area (Å²) >= 11 is 0. The minimum absolute atomic E-state index is 0.00971. The molecule has 0 radical (unpaired) electrons. The van der Waals surface area contributed by atoms with Gasteiger partial charge in [-0.1, -0.05) is 5.16 Å². The van der Waals surface area contributed by atoms with Crippen LogP contribution in [0.15, 0.2) is 33.7 Å². The third-order valence-electron chi connectivity index (χ3n) is 2.83. The normalized spacial score (nSPS) is 11.0. The minimum atomic E-state index is -3.71. The van der Waals surface area contributed by atoms with Gasteiger partial charge in [0, 0.05) is 13.0 Å². The first-order valence-electron chi connectivity index (χ1n) is 6.85. The van der Waals surface area contributed by atoms with Crippen molar-refractivity contribution in [3.05, 3.63) is 41.5 Å². The Bertz CT molecular complexity index is 852. The number of nitriles is 1. The van der Waals surface area contributed by atoms with Crippen molar-refractivity contribution in [3.8, 4) is 6.07 Å². The van der Waals surface area contributed by atoms with E-state index in [4.69, 9.17) is 14.5 Å². The summed E-state index contributed by atoms with van der Waals surface area (Å²) < 4.78 is 36.0. The van der Waals surface area contributed by atoms with Crippen molar-refractivity contribution >= 4 is 16.0 Å². The van der Waals surface area contributed by atoms with Gasteiger partial charge in [0.2, 0.25) is 10.0 Å². The van der Waals surface area contributed by atoms with Crippen LogP contribution in [0.1, 0.15) is 28.5 Å². The van der Waals surface area contributed by atoms with E-state index in [1.807, 2.05) is 6.07 Å². The molecule has 0 fully saturated rings. The molecule has 0 aliphatic rings. The van der Waals surface area contributed by atoms with Gasteiger partial charge in [0.1, 0.15) is 0 Å². The molecule has 0 bridgehead atoms. The number of aromatic nitrogens is 2. The van der Waals surface area contributed by atoms with Crippen LogP contribution < -0.4 is 4.72 Å². The highest BCUT2D eigenvalue weighted by Crippen LogP contribution is 2.12. The van der Waals surface area contributed by atoms with E-state index in [-0.39, 0.29) is 35.9 Å². The van der Waals surface area contributed by atoms with Gasteiger partial charge in [-0.05, 0) is 31.2 Å². The number of carbonyl (C=O) groups excluding carboxylic acids is 1. The number of ether oxygens (including phenoxy) is 1. The zero-order valence-electron chi connectivity index (χ0n) is 12.7. The van der Waals surface area contributed by atoms with E-state index >= 15 is 0 Å². The quantitative estimate of drug-likeness (QED) is 0.575. The van der Waals surface area contributed by atoms with Crippen LogP contribution in [-0.4, -0.2) is 31.1 Å². The van der Waals surface area contributed by atoms with E-state index in [2.05, 4.69) is 14.9 Å². The summed E-state index contributed by atoms with van der Waals surface area (Å²) in [6, 6.07) is 7.07. The molecule has 9 nitrogen and oxygen atoms in total. The first-order chi connectivity index (χ1) is 11.4. The molecule has 10 heteroatoms. The second kappa shape index (κ2) is 7.67. The van der Waals surface area contributed by atoms with Crippen molar-refractivity contribution in [3.63, 3.8) is 0 Å². The molecule has 1 aromatic heterocycles. The summed E-state index contributed by atoms with van der Waals surface area (Å²) in [6.07, 6.45) is 0.0682. The van der Waals surface area contributed by atoms with E-state index in [1.165, 1.54) is 24.3 Å². The monoisotopic (exact) mass is 350 g/mol. The first kappa shape index (κ1) is 17.6. The summed E-state index contributed by atoms with van der Waals surface area (Å²) in [5, 5.41) is 12.0. The average molecular weight is 350 g/mol. The fourth-order valence-electron chi connectivity index (χ4n) is 1.70. The van der Waals surface area contributed by atoms with Gasteiger partial charge in [0.25, 0.3) is 5.89 Å². The number of hydrogen-bond donors (Lipinski definition) is 1. The van der Waals surface area contributed by atoms with Crippen LogP contribution in [0.3, 0.4) is 0 Å². The van der Waals surface area contributed by atoms with Crippen molar-refractivity contribution in [1.82, 2.24) is 14.9 Å². The minimum Gasteiger partial charge on any atom is -0.452 e. The predicted octanol–water partition coefficient (Wildman–Crippen LogP) is 0.927. The Morgan fingerprint density at radius 2 is 2.08 bits per heavy atom. The summed E-state index contributed by atoms with van der Waals surface area (Å²) in [7, 11) is -3.71. The maximum absolute atomic E-state index is 11.9. The number of nitrogens with zero attached hydrogens (tertiary/aromatic N) is 3. The molecule has 1 heterocycles. The number of sulfonamides is 1. The van der Waals surface area contributed by atoms with Gasteiger partial charge in [0.05, 0.1) is 16.5 Å². The number of benzene rings is 1. The van der Waals surface area contributed by atoms with Gasteiger partial charge in [-0.3, -0.25) is 0 Å². The number of aryl methyl sites for hydroxylation is 1. The Labute approximate surface area is 138 Å². The van der Waals surface area contributed by atoms with Crippen LogP contribution in [0, 0.1) is 18.3 Å². The first-order valence-corrected chi connectivity index (χ1v) is 8.33. The largest absolute Gasteiger partial charge is 0.452 e. The molecule has 0 aliphatic carbocycles. The second-order valence-corrected chi connectivity index (χ2v) is 6.41. The van der Waals surface area contributed by atoms with E-state index in [1.54, 1.807) is 6.92 Å². The lowest BCUT2D eigenvalue weighted by molar-refractivity contribution is 0.0429. The van der Waals surface area contributed by atoms with Crippen molar-refractivity contribution in [2.24, 2.45) is 0 Å². The number of rotatable bonds is 7. The number of hydrogen-bond acceptors (Lipinski definition) is 8. The molecule has 0 aliphatic heterocycles. The SMILES string of the molecule is Cc1noc(COC(=O)c2ccc(S(=O)(=O)NCCC#N)cc2)n1. The van der Waals surface area contributed by atoms with Crippen molar-refractivity contribution in [2.75, 3.05) is 6.54 Å². The molecular weight excluding hydrogens is 336 g/mol. The lowest BCUT2D eigenvalue weighted by atomic mass is 10.2. The molecule has 126 valence electrons. The Morgan fingerprint density at radius 3 is 2.67 bits per heavy atom. The van der Waals surface area contributed by atoms with Crippen molar-refractivity contribution in [2.45, 2.75) is 24.8 Å². The zero-order chi connectivity index (χ0) is 17.6. The van der Waals surface area contributed by atoms with Crippen LogP contribution in [0.2, 0.25) is 0 Å². The lowest BCUT2D eigenvalue weighted by Crippen LogP contribution is -2.24. The molecule has 0 unspecified atom stereocenters. The number of nitrogens with one attached hydrogen (secondary N) is 1. The highest BCUT2D eigenvalue weighted by Gasteiger charge is 2.15. The summed E-state index contributed by atoms with van der Waals surface area (Å²) in [6.45, 7) is 1.49. The maximum Gasteiger partial charge on any atom is 0.338 e. The second-order valence-electron chi connectivity index (χ2n) is 4.64. The molecular formula is C14H14N4O5S. The van der Waals surface area contributed by atoms with Crippen molar-refractivity contribution < 1.29 is 22.5 Å². The third kappa shape index (κ3) is 4.61. The van der Waals surface area contributed by atoms with E-state index in [0.29, 0.717) is 5.82 Å². The van der Waals surface area contributed by atoms with E-state index in [9.17, 15) is 13.2 Å². The maximum atomic E-state index is 11.9. The van der Waals surface area contributed by atoms with E-state index in [0.717, 1.165) is 0 Å². The third-order valence-corrected chi connectivity index (χ3v) is 4.30. The molecule has 24 heavy (non-hydrogen) atoms. The Hall–Kier alpha value is -2.77. The van der Waals surface area contributed by atoms with Crippen LogP contribution in [0.4, 0.5) is 0 Å². The fraction of sp³-hybridized carbons (Fsp3) is 0.286. The Morgan fingerprint density at radius 1 is 1.38 bits per heavy atom. The molecule has 0 saturated carbocycles. The zero-order valence-corrected chi connectivity index (χ0v) is 13.5. The van der Waals surface area contributed by atoms with Crippen molar-refractivity contribution in [1.29, 1.82) is 5.26 Å². The summed E-state index contributed by atoms with van der Waals surface area (Å²) in [4.78, 5) is 15.8.